The Balaban J connectivity index is 1.35. The minimum absolute atomic E-state index is 0.0619. The largest absolute Gasteiger partial charge is 0.494 e. The first-order valence-corrected chi connectivity index (χ1v) is 12.2. The molecule has 2 aromatic rings. The van der Waals surface area contributed by atoms with Crippen LogP contribution in [0.5, 0.6) is 11.5 Å². The normalized spacial score (nSPS) is 17.8. The van der Waals surface area contributed by atoms with E-state index in [1.165, 1.54) is 69.9 Å². The summed E-state index contributed by atoms with van der Waals surface area (Å²) in [5.41, 5.74) is 0.259. The molecule has 0 amide bonds. The van der Waals surface area contributed by atoms with E-state index in [9.17, 15) is 9.18 Å². The van der Waals surface area contributed by atoms with Crippen molar-refractivity contribution in [1.29, 1.82) is 5.26 Å². The van der Waals surface area contributed by atoms with E-state index in [4.69, 9.17) is 14.7 Å². The van der Waals surface area contributed by atoms with Gasteiger partial charge in [0.25, 0.3) is 0 Å². The van der Waals surface area contributed by atoms with Gasteiger partial charge >= 0.3 is 5.97 Å². The molecule has 33 heavy (non-hydrogen) atoms. The summed E-state index contributed by atoms with van der Waals surface area (Å²) in [5, 5.41) is 8.77. The molecule has 0 N–H and O–H groups in total. The lowest BCUT2D eigenvalue weighted by molar-refractivity contribution is 0.0734. The molecule has 0 aliphatic heterocycles. The first-order valence-electron chi connectivity index (χ1n) is 12.2. The molecule has 4 nitrogen and oxygen atoms in total. The quantitative estimate of drug-likeness (QED) is 0.202. The summed E-state index contributed by atoms with van der Waals surface area (Å²) in [6.07, 6.45) is 13.2. The monoisotopic (exact) mass is 451 g/mol. The zero-order chi connectivity index (χ0) is 23.5. The molecule has 2 aromatic carbocycles. The maximum Gasteiger partial charge on any atom is 0.343 e. The fraction of sp³-hybridized carbons (Fsp3) is 0.500. The summed E-state index contributed by atoms with van der Waals surface area (Å²) in [6, 6.07) is 12.2. The minimum atomic E-state index is -0.716. The number of nitriles is 1. The second kappa shape index (κ2) is 13.0. The van der Waals surface area contributed by atoms with E-state index < -0.39 is 11.8 Å². The van der Waals surface area contributed by atoms with E-state index in [1.807, 2.05) is 0 Å². The number of unbranched alkanes of at least 4 members (excludes halogenated alkanes) is 2. The fourth-order valence-electron chi connectivity index (χ4n) is 4.56. The third-order valence-corrected chi connectivity index (χ3v) is 6.57. The number of hydrogen-bond acceptors (Lipinski definition) is 4. The Morgan fingerprint density at radius 1 is 0.970 bits per heavy atom. The van der Waals surface area contributed by atoms with Crippen LogP contribution in [0.3, 0.4) is 0 Å². The van der Waals surface area contributed by atoms with Gasteiger partial charge in [-0.25, -0.2) is 9.18 Å². The van der Waals surface area contributed by atoms with Gasteiger partial charge in [-0.2, -0.15) is 5.26 Å². The SMILES string of the molecule is CCCCCC1CCC(CCCOc2ccc(C(=O)Oc3ccc(C#N)c(F)c3)cc2)CC1. The zero-order valence-corrected chi connectivity index (χ0v) is 19.5. The van der Waals surface area contributed by atoms with E-state index in [0.29, 0.717) is 12.2 Å². The third-order valence-electron chi connectivity index (χ3n) is 6.57. The summed E-state index contributed by atoms with van der Waals surface area (Å²) >= 11 is 0. The smallest absolute Gasteiger partial charge is 0.343 e. The lowest BCUT2D eigenvalue weighted by atomic mass is 9.78. The Labute approximate surface area is 196 Å². The van der Waals surface area contributed by atoms with Crippen LogP contribution >= 0.6 is 0 Å². The summed E-state index contributed by atoms with van der Waals surface area (Å²) in [7, 11) is 0. The maximum atomic E-state index is 13.7. The van der Waals surface area contributed by atoms with Crippen LogP contribution in [0.2, 0.25) is 0 Å². The Kier molecular flexibility index (Phi) is 9.75. The molecule has 1 aliphatic rings. The highest BCUT2D eigenvalue weighted by Gasteiger charge is 2.20. The molecule has 0 aromatic heterocycles. The summed E-state index contributed by atoms with van der Waals surface area (Å²) < 4.78 is 24.7. The number of esters is 1. The van der Waals surface area contributed by atoms with Gasteiger partial charge < -0.3 is 9.47 Å². The van der Waals surface area contributed by atoms with E-state index in [2.05, 4.69) is 6.92 Å². The van der Waals surface area contributed by atoms with Crippen molar-refractivity contribution in [3.05, 3.63) is 59.4 Å². The van der Waals surface area contributed by atoms with Crippen molar-refractivity contribution < 1.29 is 18.7 Å². The molecule has 5 heteroatoms. The number of nitrogens with zero attached hydrogens (tertiary/aromatic N) is 1. The van der Waals surface area contributed by atoms with Gasteiger partial charge in [-0.15, -0.1) is 0 Å². The first kappa shape index (κ1) is 24.8. The van der Waals surface area contributed by atoms with Crippen molar-refractivity contribution in [2.24, 2.45) is 11.8 Å². The van der Waals surface area contributed by atoms with E-state index in [1.54, 1.807) is 30.3 Å². The van der Waals surface area contributed by atoms with Gasteiger partial charge in [0.2, 0.25) is 0 Å². The lowest BCUT2D eigenvalue weighted by Gasteiger charge is -2.28. The zero-order valence-electron chi connectivity index (χ0n) is 19.5. The fourth-order valence-corrected chi connectivity index (χ4v) is 4.56. The first-order chi connectivity index (χ1) is 16.1. The van der Waals surface area contributed by atoms with Gasteiger partial charge in [0.05, 0.1) is 17.7 Å². The second-order valence-electron chi connectivity index (χ2n) is 9.04. The summed E-state index contributed by atoms with van der Waals surface area (Å²) in [4.78, 5) is 12.3. The van der Waals surface area contributed by atoms with Gasteiger partial charge in [0.15, 0.2) is 0 Å². The molecular weight excluding hydrogens is 417 g/mol. The predicted molar refractivity (Wildman–Crippen MR) is 127 cm³/mol. The van der Waals surface area contributed by atoms with Crippen LogP contribution in [0, 0.1) is 29.0 Å². The van der Waals surface area contributed by atoms with Crippen molar-refractivity contribution in [3.63, 3.8) is 0 Å². The van der Waals surface area contributed by atoms with Crippen LogP contribution < -0.4 is 9.47 Å². The molecule has 1 aliphatic carbocycles. The Morgan fingerprint density at radius 2 is 1.61 bits per heavy atom. The highest BCUT2D eigenvalue weighted by Crippen LogP contribution is 2.34. The van der Waals surface area contributed by atoms with Crippen molar-refractivity contribution in [3.8, 4) is 17.6 Å². The number of halogens is 1. The Hall–Kier alpha value is -2.87. The van der Waals surface area contributed by atoms with Gasteiger partial charge in [0, 0.05) is 6.07 Å². The average Bonchev–Trinajstić information content (AvgIpc) is 2.83. The Morgan fingerprint density at radius 3 is 2.21 bits per heavy atom. The van der Waals surface area contributed by atoms with E-state index >= 15 is 0 Å². The van der Waals surface area contributed by atoms with Crippen molar-refractivity contribution in [2.45, 2.75) is 71.1 Å². The lowest BCUT2D eigenvalue weighted by Crippen LogP contribution is -2.15. The molecule has 0 radical (unpaired) electrons. The molecule has 0 heterocycles. The minimum Gasteiger partial charge on any atom is -0.494 e. The predicted octanol–water partition coefficient (Wildman–Crippen LogP) is 7.46. The molecule has 0 spiro atoms. The summed E-state index contributed by atoms with van der Waals surface area (Å²) in [5.74, 6) is 1.26. The van der Waals surface area contributed by atoms with Crippen LogP contribution in [-0.4, -0.2) is 12.6 Å². The molecule has 1 saturated carbocycles. The molecule has 0 atom stereocenters. The molecule has 3 rings (SSSR count). The summed E-state index contributed by atoms with van der Waals surface area (Å²) in [6.45, 7) is 2.94. The highest BCUT2D eigenvalue weighted by atomic mass is 19.1. The molecule has 0 unspecified atom stereocenters. The number of rotatable bonds is 11. The van der Waals surface area contributed by atoms with Crippen LogP contribution in [0.25, 0.3) is 0 Å². The molecular formula is C28H34FNO3. The van der Waals surface area contributed by atoms with Crippen LogP contribution in [0.1, 0.15) is 87.1 Å². The second-order valence-corrected chi connectivity index (χ2v) is 9.04. The maximum absolute atomic E-state index is 13.7. The molecule has 0 saturated heterocycles. The highest BCUT2D eigenvalue weighted by molar-refractivity contribution is 5.91. The van der Waals surface area contributed by atoms with Gasteiger partial charge in [0.1, 0.15) is 23.4 Å². The molecule has 0 bridgehead atoms. The van der Waals surface area contributed by atoms with Gasteiger partial charge in [-0.05, 0) is 61.1 Å². The van der Waals surface area contributed by atoms with Crippen LogP contribution in [0.4, 0.5) is 4.39 Å². The standard InChI is InChI=1S/C28H34FNO3/c1-2-3-4-6-21-8-10-22(11-9-21)7-5-18-32-25-15-12-23(13-16-25)28(31)33-26-17-14-24(20-30)27(29)19-26/h12-17,19,21-22H,2-11,18H2,1H3. The molecule has 176 valence electrons. The van der Waals surface area contributed by atoms with Gasteiger partial charge in [-0.3, -0.25) is 0 Å². The third kappa shape index (κ3) is 7.89. The number of benzene rings is 2. The average molecular weight is 452 g/mol. The van der Waals surface area contributed by atoms with Crippen molar-refractivity contribution >= 4 is 5.97 Å². The van der Waals surface area contributed by atoms with Crippen molar-refractivity contribution in [2.75, 3.05) is 6.61 Å². The van der Waals surface area contributed by atoms with Crippen LogP contribution in [-0.2, 0) is 0 Å². The Bertz CT molecular complexity index is 927. The number of hydrogen-bond donors (Lipinski definition) is 0. The van der Waals surface area contributed by atoms with E-state index in [0.717, 1.165) is 30.1 Å². The van der Waals surface area contributed by atoms with Crippen LogP contribution in [0.15, 0.2) is 42.5 Å². The number of carbonyl (C=O) groups is 1. The van der Waals surface area contributed by atoms with E-state index in [-0.39, 0.29) is 11.3 Å². The molecule has 1 fully saturated rings. The topological polar surface area (TPSA) is 59.3 Å². The number of ether oxygens (including phenoxy) is 2. The van der Waals surface area contributed by atoms with Gasteiger partial charge in [-0.1, -0.05) is 58.3 Å². The van der Waals surface area contributed by atoms with Crippen molar-refractivity contribution in [1.82, 2.24) is 0 Å². The number of carbonyl (C=O) groups excluding carboxylic acids is 1.